The van der Waals surface area contributed by atoms with E-state index in [4.69, 9.17) is 9.47 Å². The molecule has 0 aliphatic carbocycles. The number of hydrogen-bond donors (Lipinski definition) is 7. The molecule has 0 saturated carbocycles. The second-order valence-corrected chi connectivity index (χ2v) is 17.8. The van der Waals surface area contributed by atoms with Crippen LogP contribution in [0.4, 0.5) is 0 Å². The molecule has 0 unspecified atom stereocenters. The average Bonchev–Trinajstić information content (AvgIpc) is 3.22. The number of rotatable bonds is 42. The van der Waals surface area contributed by atoms with E-state index in [-0.39, 0.29) is 6.61 Å². The molecule has 10 heteroatoms. The number of nitrogens with one attached hydrogen (secondary N) is 1. The lowest BCUT2D eigenvalue weighted by atomic mass is 9.99. The summed E-state index contributed by atoms with van der Waals surface area (Å²) >= 11 is 0. The van der Waals surface area contributed by atoms with Crippen molar-refractivity contribution in [3.05, 3.63) is 0 Å². The molecular weight excluding hydrogens is 735 g/mol. The minimum Gasteiger partial charge on any atom is -0.394 e. The molecule has 10 nitrogen and oxygen atoms in total. The van der Waals surface area contributed by atoms with Gasteiger partial charge >= 0.3 is 0 Å². The van der Waals surface area contributed by atoms with Crippen molar-refractivity contribution in [2.24, 2.45) is 0 Å². The van der Waals surface area contributed by atoms with E-state index in [0.29, 0.717) is 12.8 Å². The highest BCUT2D eigenvalue weighted by molar-refractivity contribution is 5.80. The summed E-state index contributed by atoms with van der Waals surface area (Å²) in [6.07, 6.45) is 32.9. The molecular formula is C48H95NO9. The lowest BCUT2D eigenvalue weighted by Crippen LogP contribution is -2.60. The van der Waals surface area contributed by atoms with Gasteiger partial charge in [-0.15, -0.1) is 0 Å². The van der Waals surface area contributed by atoms with Gasteiger partial charge in [-0.25, -0.2) is 0 Å². The van der Waals surface area contributed by atoms with Gasteiger partial charge in [0.2, 0.25) is 5.91 Å². The molecule has 8 atom stereocenters. The summed E-state index contributed by atoms with van der Waals surface area (Å²) in [5.41, 5.74) is 0. The zero-order valence-corrected chi connectivity index (χ0v) is 37.7. The Morgan fingerprint density at radius 2 is 0.862 bits per heavy atom. The second kappa shape index (κ2) is 39.0. The maximum absolute atomic E-state index is 13.1. The quantitative estimate of drug-likeness (QED) is 0.0296. The molecule has 1 fully saturated rings. The zero-order chi connectivity index (χ0) is 42.5. The van der Waals surface area contributed by atoms with Crippen LogP contribution in [-0.2, 0) is 14.3 Å². The predicted octanol–water partition coefficient (Wildman–Crippen LogP) is 9.70. The van der Waals surface area contributed by atoms with Crippen molar-refractivity contribution in [1.82, 2.24) is 5.32 Å². The third-order valence-electron chi connectivity index (χ3n) is 12.3. The molecule has 1 rings (SSSR count). The first-order valence-corrected chi connectivity index (χ1v) is 24.8. The van der Waals surface area contributed by atoms with E-state index in [9.17, 15) is 35.4 Å². The van der Waals surface area contributed by atoms with Crippen LogP contribution < -0.4 is 5.32 Å². The molecule has 1 amide bonds. The summed E-state index contributed by atoms with van der Waals surface area (Å²) in [5.74, 6) is -0.579. The van der Waals surface area contributed by atoms with Crippen LogP contribution in [0.25, 0.3) is 0 Å². The number of aliphatic hydroxyl groups excluding tert-OH is 6. The molecule has 346 valence electrons. The molecule has 0 aromatic carbocycles. The maximum atomic E-state index is 13.1. The van der Waals surface area contributed by atoms with E-state index in [1.54, 1.807) is 0 Å². The van der Waals surface area contributed by atoms with E-state index in [2.05, 4.69) is 19.2 Å². The first kappa shape index (κ1) is 55.2. The Balaban J connectivity index is 2.31. The third-order valence-corrected chi connectivity index (χ3v) is 12.3. The fourth-order valence-corrected chi connectivity index (χ4v) is 8.23. The minimum absolute atomic E-state index is 0.250. The molecule has 0 radical (unpaired) electrons. The van der Waals surface area contributed by atoms with Crippen molar-refractivity contribution >= 4 is 5.91 Å². The second-order valence-electron chi connectivity index (χ2n) is 17.8. The first-order chi connectivity index (χ1) is 28.3. The molecule has 7 N–H and O–H groups in total. The predicted molar refractivity (Wildman–Crippen MR) is 237 cm³/mol. The molecule has 58 heavy (non-hydrogen) atoms. The van der Waals surface area contributed by atoms with E-state index >= 15 is 0 Å². The van der Waals surface area contributed by atoms with Crippen molar-refractivity contribution in [3.63, 3.8) is 0 Å². The number of ether oxygens (including phenoxy) is 2. The molecule has 0 aromatic rings. The van der Waals surface area contributed by atoms with E-state index < -0.39 is 61.5 Å². The highest BCUT2D eigenvalue weighted by Gasteiger charge is 2.44. The van der Waals surface area contributed by atoms with E-state index in [0.717, 1.165) is 44.9 Å². The topological polar surface area (TPSA) is 169 Å². The van der Waals surface area contributed by atoms with Gasteiger partial charge in [-0.05, 0) is 12.8 Å². The third kappa shape index (κ3) is 28.6. The zero-order valence-electron chi connectivity index (χ0n) is 37.7. The molecule has 1 aliphatic heterocycles. The number of unbranched alkanes of at least 4 members (excludes halogenated alkanes) is 31. The molecule has 1 aliphatic rings. The number of aliphatic hydroxyl groups is 6. The van der Waals surface area contributed by atoms with Crippen LogP contribution in [0.5, 0.6) is 0 Å². The fourth-order valence-electron chi connectivity index (χ4n) is 8.23. The first-order valence-electron chi connectivity index (χ1n) is 24.8. The monoisotopic (exact) mass is 830 g/mol. The van der Waals surface area contributed by atoms with Crippen LogP contribution in [0.3, 0.4) is 0 Å². The van der Waals surface area contributed by atoms with Gasteiger partial charge in [0.1, 0.15) is 30.5 Å². The summed E-state index contributed by atoms with van der Waals surface area (Å²) in [4.78, 5) is 13.1. The standard InChI is InChI=1S/C48H95NO9/c1-3-5-7-9-11-13-15-17-18-19-20-21-22-23-25-27-29-31-33-35-37-42(52)47(56)49-40(39-57-48-46(55)45(54)44(53)43(38-50)58-48)41(51)36-34-32-30-28-26-24-16-14-12-10-8-6-4-2/h40-46,48,50-55H,3-39H2,1-2H3,(H,49,56)/t40-,41+,42+,43+,44-,45-,46+,48+/m0/s1. The molecule has 0 spiro atoms. The van der Waals surface area contributed by atoms with Crippen LogP contribution in [0.2, 0.25) is 0 Å². The van der Waals surface area contributed by atoms with Gasteiger partial charge in [-0.1, -0.05) is 226 Å². The summed E-state index contributed by atoms with van der Waals surface area (Å²) in [6, 6.07) is -0.887. The number of amides is 1. The molecule has 1 saturated heterocycles. The lowest BCUT2D eigenvalue weighted by molar-refractivity contribution is -0.302. The smallest absolute Gasteiger partial charge is 0.249 e. The highest BCUT2D eigenvalue weighted by Crippen LogP contribution is 2.23. The number of carbonyl (C=O) groups excluding carboxylic acids is 1. The van der Waals surface area contributed by atoms with Crippen molar-refractivity contribution in [2.45, 2.75) is 288 Å². The van der Waals surface area contributed by atoms with Crippen LogP contribution in [0.15, 0.2) is 0 Å². The van der Waals surface area contributed by atoms with Crippen molar-refractivity contribution < 1.29 is 44.9 Å². The van der Waals surface area contributed by atoms with Crippen LogP contribution in [0.1, 0.15) is 239 Å². The Morgan fingerprint density at radius 3 is 1.22 bits per heavy atom. The van der Waals surface area contributed by atoms with Crippen LogP contribution in [0, 0.1) is 0 Å². The Kier molecular flexibility index (Phi) is 37.1. The summed E-state index contributed by atoms with van der Waals surface area (Å²) in [6.45, 7) is 3.69. The number of carbonyl (C=O) groups is 1. The molecule has 0 aromatic heterocycles. The SMILES string of the molecule is CCCCCCCCCCCCCCCCCCCCCC[C@@H](O)C(=O)N[C@@H](CO[C@@H]1O[C@H](CO)[C@H](O)[C@H](O)[C@H]1O)[C@H](O)CCCCCCCCCCCCCCC. The van der Waals surface area contributed by atoms with Crippen molar-refractivity contribution in [1.29, 1.82) is 0 Å². The number of hydrogen-bond acceptors (Lipinski definition) is 9. The normalized spacial score (nSPS) is 21.3. The largest absolute Gasteiger partial charge is 0.394 e. The Morgan fingerprint density at radius 1 is 0.517 bits per heavy atom. The van der Waals surface area contributed by atoms with Crippen molar-refractivity contribution in [3.8, 4) is 0 Å². The average molecular weight is 830 g/mol. The van der Waals surface area contributed by atoms with Gasteiger partial charge in [-0.3, -0.25) is 4.79 Å². The van der Waals surface area contributed by atoms with E-state index in [1.807, 2.05) is 0 Å². The van der Waals surface area contributed by atoms with Gasteiger partial charge in [0.05, 0.1) is 25.4 Å². The van der Waals surface area contributed by atoms with E-state index in [1.165, 1.54) is 167 Å². The summed E-state index contributed by atoms with van der Waals surface area (Å²) < 4.78 is 11.2. The van der Waals surface area contributed by atoms with Gasteiger partial charge in [-0.2, -0.15) is 0 Å². The summed E-state index contributed by atoms with van der Waals surface area (Å²) in [5, 5.41) is 64.9. The minimum atomic E-state index is -1.59. The van der Waals surface area contributed by atoms with Gasteiger partial charge in [0, 0.05) is 0 Å². The highest BCUT2D eigenvalue weighted by atomic mass is 16.7. The maximum Gasteiger partial charge on any atom is 0.249 e. The fraction of sp³-hybridized carbons (Fsp3) is 0.979. The van der Waals surface area contributed by atoms with Crippen molar-refractivity contribution in [2.75, 3.05) is 13.2 Å². The lowest BCUT2D eigenvalue weighted by Gasteiger charge is -2.40. The Labute approximate surface area is 356 Å². The van der Waals surface area contributed by atoms with Gasteiger partial charge in [0.25, 0.3) is 0 Å². The van der Waals surface area contributed by atoms with Crippen LogP contribution in [-0.4, -0.2) is 98.7 Å². The van der Waals surface area contributed by atoms with Crippen LogP contribution >= 0.6 is 0 Å². The van der Waals surface area contributed by atoms with Gasteiger partial charge < -0.3 is 45.4 Å². The van der Waals surface area contributed by atoms with Gasteiger partial charge in [0.15, 0.2) is 6.29 Å². The summed E-state index contributed by atoms with van der Waals surface area (Å²) in [7, 11) is 0. The molecule has 0 bridgehead atoms. The Bertz CT molecular complexity index is 895. The Hall–Kier alpha value is -0.850. The molecule has 1 heterocycles.